The van der Waals surface area contributed by atoms with Gasteiger partial charge in [-0.2, -0.15) is 5.26 Å². The predicted molar refractivity (Wildman–Crippen MR) is 70.5 cm³/mol. The average molecular weight is 265 g/mol. The molecule has 0 unspecified atom stereocenters. The molecule has 0 spiro atoms. The fourth-order valence-electron chi connectivity index (χ4n) is 1.42. The van der Waals surface area contributed by atoms with Crippen LogP contribution in [-0.4, -0.2) is 40.1 Å². The molecule has 5 heteroatoms. The number of methoxy groups -OCH3 is 1. The Morgan fingerprint density at radius 3 is 2.53 bits per heavy atom. The van der Waals surface area contributed by atoms with E-state index in [0.717, 1.165) is 0 Å². The molecule has 0 aliphatic carbocycles. The van der Waals surface area contributed by atoms with E-state index >= 15 is 0 Å². The summed E-state index contributed by atoms with van der Waals surface area (Å²) in [6.45, 7) is 4.43. The van der Waals surface area contributed by atoms with Gasteiger partial charge in [-0.1, -0.05) is 0 Å². The van der Waals surface area contributed by atoms with Crippen LogP contribution in [0.3, 0.4) is 0 Å². The second-order valence-corrected chi connectivity index (χ2v) is 3.66. The van der Waals surface area contributed by atoms with Crippen LogP contribution < -0.4 is 9.47 Å². The van der Waals surface area contributed by atoms with Gasteiger partial charge in [-0.15, -0.1) is 0 Å². The molecule has 1 aromatic carbocycles. The van der Waals surface area contributed by atoms with E-state index in [-0.39, 0.29) is 0 Å². The van der Waals surface area contributed by atoms with Crippen LogP contribution in [0.25, 0.3) is 0 Å². The first-order valence-electron chi connectivity index (χ1n) is 6.18. The van der Waals surface area contributed by atoms with Crippen LogP contribution in [0.4, 0.5) is 0 Å². The molecule has 104 valence electrons. The van der Waals surface area contributed by atoms with Gasteiger partial charge in [0.1, 0.15) is 6.61 Å². The summed E-state index contributed by atoms with van der Waals surface area (Å²) in [5.74, 6) is 1.20. The molecule has 1 aromatic rings. The third-order valence-electron chi connectivity index (χ3n) is 2.29. The fourth-order valence-corrected chi connectivity index (χ4v) is 1.42. The zero-order valence-corrected chi connectivity index (χ0v) is 11.3. The monoisotopic (exact) mass is 265 g/mol. The molecule has 19 heavy (non-hydrogen) atoms. The van der Waals surface area contributed by atoms with Gasteiger partial charge in [0, 0.05) is 13.2 Å². The molecule has 0 aromatic heterocycles. The molecule has 0 amide bonds. The fraction of sp³-hybridized carbons (Fsp3) is 0.500. The summed E-state index contributed by atoms with van der Waals surface area (Å²) in [5.41, 5.74) is 0.548. The second kappa shape index (κ2) is 9.20. The van der Waals surface area contributed by atoms with Crippen LogP contribution >= 0.6 is 0 Å². The van der Waals surface area contributed by atoms with E-state index in [1.165, 1.54) is 0 Å². The van der Waals surface area contributed by atoms with E-state index in [1.807, 2.05) is 6.92 Å². The number of ether oxygens (including phenoxy) is 4. The van der Waals surface area contributed by atoms with Crippen LogP contribution in [0.1, 0.15) is 12.5 Å². The zero-order chi connectivity index (χ0) is 13.9. The molecule has 0 saturated carbocycles. The van der Waals surface area contributed by atoms with Crippen molar-refractivity contribution >= 4 is 0 Å². The van der Waals surface area contributed by atoms with Crippen molar-refractivity contribution in [2.75, 3.05) is 40.1 Å². The summed E-state index contributed by atoms with van der Waals surface area (Å²) < 4.78 is 21.2. The van der Waals surface area contributed by atoms with Gasteiger partial charge in [0.2, 0.25) is 0 Å². The Morgan fingerprint density at radius 2 is 1.84 bits per heavy atom. The lowest BCUT2D eigenvalue weighted by Crippen LogP contribution is -2.10. The highest BCUT2D eigenvalue weighted by atomic mass is 16.5. The van der Waals surface area contributed by atoms with Crippen molar-refractivity contribution in [2.24, 2.45) is 0 Å². The van der Waals surface area contributed by atoms with Crippen molar-refractivity contribution in [1.82, 2.24) is 0 Å². The molecule has 0 fully saturated rings. The molecule has 1 rings (SSSR count). The summed E-state index contributed by atoms with van der Waals surface area (Å²) in [6, 6.07) is 7.17. The molecule has 0 atom stereocenters. The van der Waals surface area contributed by atoms with E-state index in [1.54, 1.807) is 25.3 Å². The van der Waals surface area contributed by atoms with Crippen LogP contribution in [0.2, 0.25) is 0 Å². The Hall–Kier alpha value is -1.77. The largest absolute Gasteiger partial charge is 0.490 e. The standard InChI is InChI=1S/C14H19NO4/c1-3-18-14-10-12(11-15)4-5-13(14)19-9-8-17-7-6-16-2/h4-5,10H,3,6-9H2,1-2H3. The van der Waals surface area contributed by atoms with Crippen molar-refractivity contribution in [1.29, 1.82) is 5.26 Å². The minimum absolute atomic E-state index is 0.426. The van der Waals surface area contributed by atoms with Gasteiger partial charge >= 0.3 is 0 Å². The summed E-state index contributed by atoms with van der Waals surface area (Å²) in [4.78, 5) is 0. The van der Waals surface area contributed by atoms with Gasteiger partial charge in [-0.3, -0.25) is 0 Å². The molecule has 0 N–H and O–H groups in total. The zero-order valence-electron chi connectivity index (χ0n) is 11.3. The molecule has 0 aliphatic rings. The Morgan fingerprint density at radius 1 is 1.05 bits per heavy atom. The summed E-state index contributed by atoms with van der Waals surface area (Å²) in [5, 5.41) is 8.84. The lowest BCUT2D eigenvalue weighted by molar-refractivity contribution is 0.0539. The third kappa shape index (κ3) is 5.60. The molecular formula is C14H19NO4. The van der Waals surface area contributed by atoms with Crippen LogP contribution in [0.5, 0.6) is 11.5 Å². The summed E-state index contributed by atoms with van der Waals surface area (Å²) >= 11 is 0. The molecule has 0 saturated heterocycles. The minimum atomic E-state index is 0.426. The average Bonchev–Trinajstić information content (AvgIpc) is 2.44. The van der Waals surface area contributed by atoms with Gasteiger partial charge < -0.3 is 18.9 Å². The first-order valence-corrected chi connectivity index (χ1v) is 6.18. The molecular weight excluding hydrogens is 246 g/mol. The Bertz CT molecular complexity index is 414. The quantitative estimate of drug-likeness (QED) is 0.639. The second-order valence-electron chi connectivity index (χ2n) is 3.66. The normalized spacial score (nSPS) is 9.95. The maximum Gasteiger partial charge on any atom is 0.162 e. The number of nitriles is 1. The van der Waals surface area contributed by atoms with Crippen molar-refractivity contribution in [2.45, 2.75) is 6.92 Å². The van der Waals surface area contributed by atoms with Crippen molar-refractivity contribution in [3.05, 3.63) is 23.8 Å². The van der Waals surface area contributed by atoms with E-state index < -0.39 is 0 Å². The molecule has 0 radical (unpaired) electrons. The topological polar surface area (TPSA) is 60.7 Å². The third-order valence-corrected chi connectivity index (χ3v) is 2.29. The van der Waals surface area contributed by atoms with E-state index in [0.29, 0.717) is 50.1 Å². The van der Waals surface area contributed by atoms with Gasteiger partial charge in [-0.25, -0.2) is 0 Å². The van der Waals surface area contributed by atoms with Crippen molar-refractivity contribution in [3.63, 3.8) is 0 Å². The lowest BCUT2D eigenvalue weighted by Gasteiger charge is -2.12. The summed E-state index contributed by atoms with van der Waals surface area (Å²) in [6.07, 6.45) is 0. The van der Waals surface area contributed by atoms with Gasteiger partial charge in [0.25, 0.3) is 0 Å². The Balaban J connectivity index is 2.46. The van der Waals surface area contributed by atoms with E-state index in [2.05, 4.69) is 6.07 Å². The van der Waals surface area contributed by atoms with Crippen molar-refractivity contribution < 1.29 is 18.9 Å². The van der Waals surface area contributed by atoms with Gasteiger partial charge in [-0.05, 0) is 19.1 Å². The van der Waals surface area contributed by atoms with Crippen LogP contribution in [0.15, 0.2) is 18.2 Å². The number of nitrogens with zero attached hydrogens (tertiary/aromatic N) is 1. The molecule has 0 bridgehead atoms. The van der Waals surface area contributed by atoms with Gasteiger partial charge in [0.05, 0.1) is 38.1 Å². The highest BCUT2D eigenvalue weighted by Crippen LogP contribution is 2.28. The number of hydrogen-bond donors (Lipinski definition) is 0. The maximum atomic E-state index is 8.84. The van der Waals surface area contributed by atoms with E-state index in [9.17, 15) is 0 Å². The van der Waals surface area contributed by atoms with Gasteiger partial charge in [0.15, 0.2) is 11.5 Å². The molecule has 5 nitrogen and oxygen atoms in total. The molecule has 0 heterocycles. The predicted octanol–water partition coefficient (Wildman–Crippen LogP) is 2.00. The molecule has 0 aliphatic heterocycles. The van der Waals surface area contributed by atoms with Crippen LogP contribution in [0, 0.1) is 11.3 Å². The van der Waals surface area contributed by atoms with E-state index in [4.69, 9.17) is 24.2 Å². The number of rotatable bonds is 9. The number of hydrogen-bond acceptors (Lipinski definition) is 5. The maximum absolute atomic E-state index is 8.84. The SMILES string of the molecule is CCOc1cc(C#N)ccc1OCCOCCOC. The highest BCUT2D eigenvalue weighted by molar-refractivity contribution is 5.46. The van der Waals surface area contributed by atoms with Crippen LogP contribution in [-0.2, 0) is 9.47 Å². The first-order chi connectivity index (χ1) is 9.31. The lowest BCUT2D eigenvalue weighted by atomic mass is 10.2. The van der Waals surface area contributed by atoms with Crippen molar-refractivity contribution in [3.8, 4) is 17.6 Å². The Labute approximate surface area is 113 Å². The minimum Gasteiger partial charge on any atom is -0.490 e. The first kappa shape index (κ1) is 15.3. The highest BCUT2D eigenvalue weighted by Gasteiger charge is 2.06. The smallest absolute Gasteiger partial charge is 0.162 e. The Kier molecular flexibility index (Phi) is 7.40. The number of benzene rings is 1. The summed E-state index contributed by atoms with van der Waals surface area (Å²) in [7, 11) is 1.63.